The highest BCUT2D eigenvalue weighted by atomic mass is 35.5. The number of rotatable bonds is 8. The zero-order chi connectivity index (χ0) is 23.4. The second-order valence-electron chi connectivity index (χ2n) is 7.28. The number of benzene rings is 2. The SMILES string of the molecule is COc1cc2c(Nc3ccc(Cl)cc3F)ncnc2cc1OCCN(C)c1cc(C)ncn1.Cl. The molecular weight excluding hydrogens is 482 g/mol. The summed E-state index contributed by atoms with van der Waals surface area (Å²) in [7, 11) is 3.49. The van der Waals surface area contributed by atoms with Crippen LogP contribution in [-0.2, 0) is 0 Å². The molecule has 2 aromatic carbocycles. The van der Waals surface area contributed by atoms with Gasteiger partial charge in [0.05, 0.1) is 24.9 Å². The van der Waals surface area contributed by atoms with Gasteiger partial charge in [0.15, 0.2) is 11.5 Å². The average molecular weight is 505 g/mol. The minimum Gasteiger partial charge on any atom is -0.493 e. The van der Waals surface area contributed by atoms with Gasteiger partial charge in [-0.05, 0) is 31.2 Å². The molecule has 34 heavy (non-hydrogen) atoms. The fourth-order valence-corrected chi connectivity index (χ4v) is 3.37. The van der Waals surface area contributed by atoms with Crippen molar-refractivity contribution in [3.8, 4) is 11.5 Å². The lowest BCUT2D eigenvalue weighted by atomic mass is 10.2. The van der Waals surface area contributed by atoms with Crippen LogP contribution in [0.1, 0.15) is 5.69 Å². The quantitative estimate of drug-likeness (QED) is 0.350. The van der Waals surface area contributed by atoms with E-state index in [0.29, 0.717) is 46.4 Å². The van der Waals surface area contributed by atoms with Crippen molar-refractivity contribution in [3.05, 3.63) is 65.6 Å². The molecule has 0 bridgehead atoms. The maximum atomic E-state index is 14.2. The fourth-order valence-electron chi connectivity index (χ4n) is 3.21. The van der Waals surface area contributed by atoms with Crippen molar-refractivity contribution >= 4 is 52.2 Å². The van der Waals surface area contributed by atoms with E-state index in [1.165, 1.54) is 18.7 Å². The molecule has 0 spiro atoms. The Morgan fingerprint density at radius 1 is 1.03 bits per heavy atom. The molecule has 0 amide bonds. The molecule has 178 valence electrons. The van der Waals surface area contributed by atoms with Gasteiger partial charge in [-0.3, -0.25) is 0 Å². The zero-order valence-corrected chi connectivity index (χ0v) is 20.3. The number of aryl methyl sites for hydroxylation is 1. The highest BCUT2D eigenvalue weighted by Crippen LogP contribution is 2.35. The third-order valence-electron chi connectivity index (χ3n) is 4.97. The molecular formula is C23H23Cl2FN6O2. The summed E-state index contributed by atoms with van der Waals surface area (Å²) in [5, 5.41) is 3.97. The lowest BCUT2D eigenvalue weighted by Crippen LogP contribution is -2.24. The number of halogens is 3. The average Bonchev–Trinajstić information content (AvgIpc) is 2.80. The van der Waals surface area contributed by atoms with Crippen molar-refractivity contribution in [1.29, 1.82) is 0 Å². The Morgan fingerprint density at radius 2 is 1.82 bits per heavy atom. The smallest absolute Gasteiger partial charge is 0.163 e. The van der Waals surface area contributed by atoms with Crippen LogP contribution in [0.15, 0.2) is 49.1 Å². The number of hydrogen-bond acceptors (Lipinski definition) is 8. The van der Waals surface area contributed by atoms with E-state index >= 15 is 0 Å². The summed E-state index contributed by atoms with van der Waals surface area (Å²) in [5.41, 5.74) is 1.77. The molecule has 0 saturated carbocycles. The van der Waals surface area contributed by atoms with Crippen LogP contribution < -0.4 is 19.7 Å². The van der Waals surface area contributed by atoms with Crippen LogP contribution in [0.3, 0.4) is 0 Å². The molecule has 4 rings (SSSR count). The molecule has 0 aliphatic heterocycles. The summed E-state index contributed by atoms with van der Waals surface area (Å²) in [6.07, 6.45) is 2.94. The van der Waals surface area contributed by atoms with Gasteiger partial charge in [-0.1, -0.05) is 11.6 Å². The summed E-state index contributed by atoms with van der Waals surface area (Å²) >= 11 is 5.84. The van der Waals surface area contributed by atoms with E-state index in [9.17, 15) is 4.39 Å². The molecule has 0 aliphatic carbocycles. The summed E-state index contributed by atoms with van der Waals surface area (Å²) in [6.45, 7) is 2.92. The maximum Gasteiger partial charge on any atom is 0.163 e. The van der Waals surface area contributed by atoms with Crippen molar-refractivity contribution in [2.75, 3.05) is 37.5 Å². The van der Waals surface area contributed by atoms with E-state index in [0.717, 1.165) is 11.5 Å². The molecule has 2 aromatic heterocycles. The van der Waals surface area contributed by atoms with Gasteiger partial charge in [0, 0.05) is 35.3 Å². The third-order valence-corrected chi connectivity index (χ3v) is 5.20. The number of nitrogens with zero attached hydrogens (tertiary/aromatic N) is 5. The van der Waals surface area contributed by atoms with E-state index in [2.05, 4.69) is 25.3 Å². The van der Waals surface area contributed by atoms with Crippen LogP contribution in [0.5, 0.6) is 11.5 Å². The van der Waals surface area contributed by atoms with Gasteiger partial charge in [-0.25, -0.2) is 24.3 Å². The number of hydrogen-bond donors (Lipinski definition) is 1. The van der Waals surface area contributed by atoms with Gasteiger partial charge >= 0.3 is 0 Å². The van der Waals surface area contributed by atoms with Crippen molar-refractivity contribution in [2.45, 2.75) is 6.92 Å². The molecule has 2 heterocycles. The first kappa shape index (κ1) is 25.2. The van der Waals surface area contributed by atoms with Crippen LogP contribution in [0.4, 0.5) is 21.7 Å². The number of anilines is 3. The first-order valence-electron chi connectivity index (χ1n) is 10.1. The lowest BCUT2D eigenvalue weighted by molar-refractivity contribution is 0.301. The summed E-state index contributed by atoms with van der Waals surface area (Å²) in [5.74, 6) is 1.82. The highest BCUT2D eigenvalue weighted by molar-refractivity contribution is 6.30. The summed E-state index contributed by atoms with van der Waals surface area (Å²) in [4.78, 5) is 19.0. The highest BCUT2D eigenvalue weighted by Gasteiger charge is 2.14. The van der Waals surface area contributed by atoms with Gasteiger partial charge in [0.2, 0.25) is 0 Å². The van der Waals surface area contributed by atoms with Crippen LogP contribution in [0, 0.1) is 12.7 Å². The Morgan fingerprint density at radius 3 is 2.56 bits per heavy atom. The Balaban J connectivity index is 0.00000324. The van der Waals surface area contributed by atoms with E-state index < -0.39 is 5.82 Å². The lowest BCUT2D eigenvalue weighted by Gasteiger charge is -2.19. The van der Waals surface area contributed by atoms with Gasteiger partial charge in [0.25, 0.3) is 0 Å². The predicted molar refractivity (Wildman–Crippen MR) is 134 cm³/mol. The molecule has 0 fully saturated rings. The number of aromatic nitrogens is 4. The largest absolute Gasteiger partial charge is 0.493 e. The van der Waals surface area contributed by atoms with Crippen molar-refractivity contribution in [1.82, 2.24) is 19.9 Å². The van der Waals surface area contributed by atoms with Crippen molar-refractivity contribution in [3.63, 3.8) is 0 Å². The number of ether oxygens (including phenoxy) is 2. The standard InChI is InChI=1S/C23H22ClFN6O2.ClH/c1-14-8-22(28-12-26-14)31(2)6-7-33-21-11-19-16(10-20(21)32-3)23(29-13-27-19)30-18-5-4-15(24)9-17(18)25;/h4-5,8-13H,6-7H2,1-3H3,(H,27,29,30);1H. The maximum absolute atomic E-state index is 14.2. The van der Waals surface area contributed by atoms with E-state index in [4.69, 9.17) is 21.1 Å². The van der Waals surface area contributed by atoms with Gasteiger partial charge in [-0.15, -0.1) is 12.4 Å². The van der Waals surface area contributed by atoms with Gasteiger partial charge in [0.1, 0.15) is 36.7 Å². The van der Waals surface area contributed by atoms with E-state index in [-0.39, 0.29) is 18.1 Å². The Labute approximate surface area is 207 Å². The Hall–Kier alpha value is -3.43. The molecule has 8 nitrogen and oxygen atoms in total. The number of nitrogens with one attached hydrogen (secondary N) is 1. The molecule has 11 heteroatoms. The van der Waals surface area contributed by atoms with Crippen LogP contribution in [-0.4, -0.2) is 47.2 Å². The van der Waals surface area contributed by atoms with E-state index in [1.807, 2.05) is 24.9 Å². The predicted octanol–water partition coefficient (Wildman–Crippen LogP) is 5.21. The summed E-state index contributed by atoms with van der Waals surface area (Å²) in [6, 6.07) is 9.83. The second kappa shape index (κ2) is 11.1. The van der Waals surface area contributed by atoms with Crippen LogP contribution in [0.25, 0.3) is 10.9 Å². The van der Waals surface area contributed by atoms with Gasteiger partial charge < -0.3 is 19.7 Å². The Kier molecular flexibility index (Phi) is 8.25. The fraction of sp³-hybridized carbons (Fsp3) is 0.217. The third kappa shape index (κ3) is 5.73. The molecule has 0 radical (unpaired) electrons. The number of likely N-dealkylation sites (N-methyl/N-ethyl adjacent to an activating group) is 1. The number of fused-ring (bicyclic) bond motifs is 1. The first-order chi connectivity index (χ1) is 15.9. The molecule has 0 saturated heterocycles. The topological polar surface area (TPSA) is 85.3 Å². The normalized spacial score (nSPS) is 10.5. The molecule has 0 unspecified atom stereocenters. The van der Waals surface area contributed by atoms with E-state index in [1.54, 1.807) is 31.4 Å². The monoisotopic (exact) mass is 504 g/mol. The molecule has 4 aromatic rings. The van der Waals surface area contributed by atoms with Gasteiger partial charge in [-0.2, -0.15) is 0 Å². The Bertz CT molecular complexity index is 1290. The minimum atomic E-state index is -0.482. The van der Waals surface area contributed by atoms with Crippen LogP contribution >= 0.6 is 24.0 Å². The van der Waals surface area contributed by atoms with Crippen LogP contribution in [0.2, 0.25) is 5.02 Å². The van der Waals surface area contributed by atoms with Crippen molar-refractivity contribution < 1.29 is 13.9 Å². The second-order valence-corrected chi connectivity index (χ2v) is 7.72. The molecule has 0 atom stereocenters. The molecule has 1 N–H and O–H groups in total. The minimum absolute atomic E-state index is 0. The zero-order valence-electron chi connectivity index (χ0n) is 18.7. The van der Waals surface area contributed by atoms with Crippen molar-refractivity contribution in [2.24, 2.45) is 0 Å². The molecule has 0 aliphatic rings. The first-order valence-corrected chi connectivity index (χ1v) is 10.5. The number of methoxy groups -OCH3 is 1. The summed E-state index contributed by atoms with van der Waals surface area (Å²) < 4.78 is 25.8.